The first kappa shape index (κ1) is 19.6. The van der Waals surface area contributed by atoms with Crippen LogP contribution in [-0.2, 0) is 4.79 Å². The first-order valence-corrected chi connectivity index (χ1v) is 8.83. The molecule has 0 saturated heterocycles. The van der Waals surface area contributed by atoms with Crippen LogP contribution in [0.15, 0.2) is 42.5 Å². The van der Waals surface area contributed by atoms with E-state index in [9.17, 15) is 4.79 Å². The largest absolute Gasteiger partial charge is 0.493 e. The minimum atomic E-state index is -0.526. The Kier molecular flexibility index (Phi) is 7.33. The number of amides is 1. The highest BCUT2D eigenvalue weighted by atomic mass is 16.5. The van der Waals surface area contributed by atoms with Gasteiger partial charge < -0.3 is 19.5 Å². The van der Waals surface area contributed by atoms with E-state index in [4.69, 9.17) is 14.2 Å². The summed E-state index contributed by atoms with van der Waals surface area (Å²) in [5.74, 6) is 1.93. The summed E-state index contributed by atoms with van der Waals surface area (Å²) in [6.07, 6.45) is 0.0637. The maximum atomic E-state index is 12.4. The Morgan fingerprint density at radius 3 is 2.42 bits per heavy atom. The molecule has 2 rings (SSSR count). The minimum absolute atomic E-state index is 0.142. The summed E-state index contributed by atoms with van der Waals surface area (Å²) in [6, 6.07) is 13.3. The van der Waals surface area contributed by atoms with Crippen molar-refractivity contribution in [2.75, 3.05) is 20.3 Å². The molecule has 0 aliphatic carbocycles. The fourth-order valence-electron chi connectivity index (χ4n) is 2.51. The van der Waals surface area contributed by atoms with E-state index in [1.165, 1.54) is 0 Å². The van der Waals surface area contributed by atoms with Crippen molar-refractivity contribution in [3.63, 3.8) is 0 Å². The van der Waals surface area contributed by atoms with Crippen LogP contribution in [-0.4, -0.2) is 32.3 Å². The highest BCUT2D eigenvalue weighted by Gasteiger charge is 2.19. The summed E-state index contributed by atoms with van der Waals surface area (Å²) < 4.78 is 16.8. The molecule has 140 valence electrons. The molecule has 2 aromatic carbocycles. The molecule has 5 nitrogen and oxygen atoms in total. The number of hydrogen-bond acceptors (Lipinski definition) is 4. The topological polar surface area (TPSA) is 56.8 Å². The molecule has 0 unspecified atom stereocenters. The van der Waals surface area contributed by atoms with E-state index < -0.39 is 6.10 Å². The van der Waals surface area contributed by atoms with Gasteiger partial charge in [0.05, 0.1) is 13.7 Å². The summed E-state index contributed by atoms with van der Waals surface area (Å²) in [5, 5.41) is 2.87. The number of rotatable bonds is 9. The Morgan fingerprint density at radius 1 is 1.04 bits per heavy atom. The molecule has 0 aliphatic rings. The van der Waals surface area contributed by atoms with Crippen LogP contribution in [0.1, 0.15) is 24.5 Å². The molecule has 0 spiro atoms. The lowest BCUT2D eigenvalue weighted by Crippen LogP contribution is -2.39. The molecule has 1 N–H and O–H groups in total. The fourth-order valence-corrected chi connectivity index (χ4v) is 2.51. The molecular formula is C21H27NO4. The zero-order chi connectivity index (χ0) is 18.9. The first-order chi connectivity index (χ1) is 12.6. The second-order valence-corrected chi connectivity index (χ2v) is 6.00. The first-order valence-electron chi connectivity index (χ1n) is 8.83. The third-order valence-corrected chi connectivity index (χ3v) is 4.22. The van der Waals surface area contributed by atoms with Crippen LogP contribution in [0.25, 0.3) is 0 Å². The molecule has 0 fully saturated rings. The minimum Gasteiger partial charge on any atom is -0.493 e. The third kappa shape index (κ3) is 5.15. The van der Waals surface area contributed by atoms with Crippen molar-refractivity contribution in [2.24, 2.45) is 0 Å². The van der Waals surface area contributed by atoms with E-state index in [0.717, 1.165) is 16.9 Å². The lowest BCUT2D eigenvalue weighted by Gasteiger charge is -2.19. The lowest BCUT2D eigenvalue weighted by molar-refractivity contribution is -0.128. The Balaban J connectivity index is 1.84. The predicted octanol–water partition coefficient (Wildman–Crippen LogP) is 3.66. The highest BCUT2D eigenvalue weighted by molar-refractivity contribution is 5.81. The monoisotopic (exact) mass is 357 g/mol. The number of methoxy groups -OCH3 is 1. The number of carbonyl (C=O) groups excluding carboxylic acids is 1. The molecule has 26 heavy (non-hydrogen) atoms. The number of benzene rings is 2. The van der Waals surface area contributed by atoms with Gasteiger partial charge in [-0.05, 0) is 49.6 Å². The predicted molar refractivity (Wildman–Crippen MR) is 102 cm³/mol. The van der Waals surface area contributed by atoms with E-state index in [0.29, 0.717) is 31.1 Å². The molecule has 0 bridgehead atoms. The zero-order valence-corrected chi connectivity index (χ0v) is 15.9. The van der Waals surface area contributed by atoms with E-state index >= 15 is 0 Å². The normalized spacial score (nSPS) is 11.5. The summed E-state index contributed by atoms with van der Waals surface area (Å²) >= 11 is 0. The van der Waals surface area contributed by atoms with Crippen LogP contribution in [0.3, 0.4) is 0 Å². The summed E-state index contributed by atoms with van der Waals surface area (Å²) in [7, 11) is 1.60. The van der Waals surface area contributed by atoms with Crippen LogP contribution in [0, 0.1) is 13.8 Å². The SMILES string of the molecule is CC[C@H](Oc1cccc(C)c1C)C(=O)NCCOc1ccccc1OC. The molecular weight excluding hydrogens is 330 g/mol. The number of para-hydroxylation sites is 2. The van der Waals surface area contributed by atoms with Crippen molar-refractivity contribution in [3.05, 3.63) is 53.6 Å². The van der Waals surface area contributed by atoms with Gasteiger partial charge in [-0.3, -0.25) is 4.79 Å². The molecule has 2 aromatic rings. The van der Waals surface area contributed by atoms with Crippen molar-refractivity contribution in [2.45, 2.75) is 33.3 Å². The van der Waals surface area contributed by atoms with Crippen molar-refractivity contribution in [1.29, 1.82) is 0 Å². The lowest BCUT2D eigenvalue weighted by atomic mass is 10.1. The number of nitrogens with one attached hydrogen (secondary N) is 1. The Bertz CT molecular complexity index is 730. The van der Waals surface area contributed by atoms with Gasteiger partial charge in [0.15, 0.2) is 17.6 Å². The molecule has 1 atom stereocenters. The van der Waals surface area contributed by atoms with Crippen LogP contribution in [0.4, 0.5) is 0 Å². The average molecular weight is 357 g/mol. The van der Waals surface area contributed by atoms with E-state index in [2.05, 4.69) is 5.32 Å². The Morgan fingerprint density at radius 2 is 1.73 bits per heavy atom. The standard InChI is InChI=1S/C21H27NO4/c1-5-17(26-18-12-8-9-15(2)16(18)3)21(23)22-13-14-25-20-11-7-6-10-19(20)24-4/h6-12,17H,5,13-14H2,1-4H3,(H,22,23)/t17-/m0/s1. The van der Waals surface area contributed by atoms with Crippen molar-refractivity contribution in [3.8, 4) is 17.2 Å². The quantitative estimate of drug-likeness (QED) is 0.696. The summed E-state index contributed by atoms with van der Waals surface area (Å²) in [6.45, 7) is 6.70. The Labute approximate surface area is 155 Å². The molecule has 1 amide bonds. The zero-order valence-electron chi connectivity index (χ0n) is 15.9. The summed E-state index contributed by atoms with van der Waals surface area (Å²) in [4.78, 5) is 12.4. The average Bonchev–Trinajstić information content (AvgIpc) is 2.66. The van der Waals surface area contributed by atoms with Crippen LogP contribution >= 0.6 is 0 Å². The number of carbonyl (C=O) groups is 1. The molecule has 0 saturated carbocycles. The molecule has 0 radical (unpaired) electrons. The van der Waals surface area contributed by atoms with Gasteiger partial charge in [0.2, 0.25) is 0 Å². The van der Waals surface area contributed by atoms with Gasteiger partial charge in [-0.25, -0.2) is 0 Å². The van der Waals surface area contributed by atoms with Crippen LogP contribution in [0.2, 0.25) is 0 Å². The second kappa shape index (κ2) is 9.70. The van der Waals surface area contributed by atoms with Gasteiger partial charge in [0.1, 0.15) is 12.4 Å². The van der Waals surface area contributed by atoms with E-state index in [1.807, 2.05) is 63.2 Å². The van der Waals surface area contributed by atoms with Gasteiger partial charge in [0.25, 0.3) is 5.91 Å². The van der Waals surface area contributed by atoms with E-state index in [1.54, 1.807) is 7.11 Å². The Hall–Kier alpha value is -2.69. The van der Waals surface area contributed by atoms with Crippen molar-refractivity contribution in [1.82, 2.24) is 5.32 Å². The van der Waals surface area contributed by atoms with Crippen molar-refractivity contribution < 1.29 is 19.0 Å². The van der Waals surface area contributed by atoms with Crippen molar-refractivity contribution >= 4 is 5.91 Å². The van der Waals surface area contributed by atoms with Crippen LogP contribution < -0.4 is 19.5 Å². The number of ether oxygens (including phenoxy) is 3. The smallest absolute Gasteiger partial charge is 0.261 e. The van der Waals surface area contributed by atoms with Gasteiger partial charge in [-0.15, -0.1) is 0 Å². The van der Waals surface area contributed by atoms with Gasteiger partial charge in [-0.2, -0.15) is 0 Å². The molecule has 5 heteroatoms. The highest BCUT2D eigenvalue weighted by Crippen LogP contribution is 2.25. The second-order valence-electron chi connectivity index (χ2n) is 6.00. The van der Waals surface area contributed by atoms with Gasteiger partial charge >= 0.3 is 0 Å². The number of aryl methyl sites for hydroxylation is 1. The molecule has 0 aliphatic heterocycles. The van der Waals surface area contributed by atoms with E-state index in [-0.39, 0.29) is 5.91 Å². The molecule has 0 aromatic heterocycles. The van der Waals surface area contributed by atoms with Gasteiger partial charge in [-0.1, -0.05) is 31.2 Å². The third-order valence-electron chi connectivity index (χ3n) is 4.22. The number of hydrogen-bond donors (Lipinski definition) is 1. The fraction of sp³-hybridized carbons (Fsp3) is 0.381. The van der Waals surface area contributed by atoms with Gasteiger partial charge in [0, 0.05) is 0 Å². The maximum Gasteiger partial charge on any atom is 0.261 e. The molecule has 0 heterocycles. The van der Waals surface area contributed by atoms with Crippen LogP contribution in [0.5, 0.6) is 17.2 Å². The maximum absolute atomic E-state index is 12.4. The summed E-state index contributed by atoms with van der Waals surface area (Å²) in [5.41, 5.74) is 2.20.